The number of rotatable bonds is 6. The first kappa shape index (κ1) is 14.2. The molecular formula is C15H24O2. The van der Waals surface area contributed by atoms with E-state index in [4.69, 9.17) is 4.74 Å². The van der Waals surface area contributed by atoms with E-state index in [1.54, 1.807) is 0 Å². The SMILES string of the molecule is CCCC(OCC)C(O)c1cc(C)ccc1C. The van der Waals surface area contributed by atoms with E-state index in [9.17, 15) is 5.11 Å². The summed E-state index contributed by atoms with van der Waals surface area (Å²) in [6.45, 7) is 8.81. The van der Waals surface area contributed by atoms with Gasteiger partial charge in [-0.2, -0.15) is 0 Å². The van der Waals surface area contributed by atoms with E-state index in [1.807, 2.05) is 20.8 Å². The predicted octanol–water partition coefficient (Wildman–Crippen LogP) is 3.54. The molecule has 1 aromatic rings. The Hall–Kier alpha value is -0.860. The second-order valence-electron chi connectivity index (χ2n) is 4.59. The summed E-state index contributed by atoms with van der Waals surface area (Å²) in [5.41, 5.74) is 3.30. The molecule has 0 fully saturated rings. The summed E-state index contributed by atoms with van der Waals surface area (Å²) >= 11 is 0. The molecule has 0 aliphatic rings. The highest BCUT2D eigenvalue weighted by Gasteiger charge is 2.21. The highest BCUT2D eigenvalue weighted by atomic mass is 16.5. The molecule has 96 valence electrons. The lowest BCUT2D eigenvalue weighted by Crippen LogP contribution is -2.23. The van der Waals surface area contributed by atoms with Crippen LogP contribution < -0.4 is 0 Å². The van der Waals surface area contributed by atoms with Gasteiger partial charge in [-0.05, 0) is 38.3 Å². The molecule has 0 aliphatic heterocycles. The minimum absolute atomic E-state index is 0.0921. The van der Waals surface area contributed by atoms with Crippen LogP contribution in [0.2, 0.25) is 0 Å². The van der Waals surface area contributed by atoms with Crippen molar-refractivity contribution in [3.8, 4) is 0 Å². The van der Waals surface area contributed by atoms with E-state index in [-0.39, 0.29) is 6.10 Å². The molecule has 0 bridgehead atoms. The van der Waals surface area contributed by atoms with Crippen LogP contribution in [0.15, 0.2) is 18.2 Å². The number of aliphatic hydroxyl groups is 1. The van der Waals surface area contributed by atoms with Crippen LogP contribution in [0.25, 0.3) is 0 Å². The molecule has 0 aromatic heterocycles. The number of benzene rings is 1. The fourth-order valence-corrected chi connectivity index (χ4v) is 2.11. The topological polar surface area (TPSA) is 29.5 Å². The molecule has 2 nitrogen and oxygen atoms in total. The lowest BCUT2D eigenvalue weighted by atomic mass is 9.95. The molecule has 2 heteroatoms. The molecule has 0 aliphatic carbocycles. The molecule has 17 heavy (non-hydrogen) atoms. The van der Waals surface area contributed by atoms with E-state index >= 15 is 0 Å². The van der Waals surface area contributed by atoms with Crippen molar-refractivity contribution in [2.75, 3.05) is 6.61 Å². The summed E-state index contributed by atoms with van der Waals surface area (Å²) < 4.78 is 5.64. The smallest absolute Gasteiger partial charge is 0.105 e. The van der Waals surface area contributed by atoms with Gasteiger partial charge in [0.25, 0.3) is 0 Å². The molecule has 1 rings (SSSR count). The maximum absolute atomic E-state index is 10.4. The number of aryl methyl sites for hydroxylation is 2. The first-order valence-electron chi connectivity index (χ1n) is 6.47. The summed E-state index contributed by atoms with van der Waals surface area (Å²) in [6, 6.07) is 6.19. The maximum atomic E-state index is 10.4. The average molecular weight is 236 g/mol. The number of ether oxygens (including phenoxy) is 1. The maximum Gasteiger partial charge on any atom is 0.105 e. The van der Waals surface area contributed by atoms with Gasteiger partial charge in [-0.25, -0.2) is 0 Å². The molecule has 0 heterocycles. The Balaban J connectivity index is 2.91. The molecule has 0 spiro atoms. The van der Waals surface area contributed by atoms with E-state index in [1.165, 1.54) is 5.56 Å². The zero-order valence-corrected chi connectivity index (χ0v) is 11.4. The van der Waals surface area contributed by atoms with E-state index in [0.717, 1.165) is 24.0 Å². The Kier molecular flexibility index (Phi) is 5.66. The van der Waals surface area contributed by atoms with Crippen LogP contribution in [-0.4, -0.2) is 17.8 Å². The Morgan fingerprint density at radius 2 is 1.94 bits per heavy atom. The van der Waals surface area contributed by atoms with Crippen LogP contribution in [0.3, 0.4) is 0 Å². The lowest BCUT2D eigenvalue weighted by Gasteiger charge is -2.24. The average Bonchev–Trinajstić information content (AvgIpc) is 2.31. The van der Waals surface area contributed by atoms with Crippen molar-refractivity contribution in [3.63, 3.8) is 0 Å². The fraction of sp³-hybridized carbons (Fsp3) is 0.600. The van der Waals surface area contributed by atoms with Gasteiger partial charge in [0.15, 0.2) is 0 Å². The van der Waals surface area contributed by atoms with Gasteiger partial charge in [0, 0.05) is 6.61 Å². The third kappa shape index (κ3) is 3.83. The van der Waals surface area contributed by atoms with Crippen molar-refractivity contribution in [1.29, 1.82) is 0 Å². The van der Waals surface area contributed by atoms with E-state index in [0.29, 0.717) is 6.61 Å². The Morgan fingerprint density at radius 3 is 2.53 bits per heavy atom. The summed E-state index contributed by atoms with van der Waals surface area (Å²) in [5.74, 6) is 0. The summed E-state index contributed by atoms with van der Waals surface area (Å²) in [4.78, 5) is 0. The van der Waals surface area contributed by atoms with Gasteiger partial charge < -0.3 is 9.84 Å². The molecule has 2 unspecified atom stereocenters. The van der Waals surface area contributed by atoms with Crippen molar-refractivity contribution >= 4 is 0 Å². The van der Waals surface area contributed by atoms with Crippen LogP contribution in [0.1, 0.15) is 49.5 Å². The fourth-order valence-electron chi connectivity index (χ4n) is 2.11. The lowest BCUT2D eigenvalue weighted by molar-refractivity contribution is -0.0387. The molecule has 0 amide bonds. The Morgan fingerprint density at radius 1 is 1.24 bits per heavy atom. The van der Waals surface area contributed by atoms with Crippen LogP contribution in [0, 0.1) is 13.8 Å². The van der Waals surface area contributed by atoms with Gasteiger partial charge >= 0.3 is 0 Å². The quantitative estimate of drug-likeness (QED) is 0.818. The van der Waals surface area contributed by atoms with Gasteiger partial charge in [0.1, 0.15) is 6.10 Å². The molecule has 0 radical (unpaired) electrons. The van der Waals surface area contributed by atoms with Crippen molar-refractivity contribution in [2.45, 2.75) is 52.7 Å². The van der Waals surface area contributed by atoms with Crippen molar-refractivity contribution in [2.24, 2.45) is 0 Å². The molecule has 0 saturated heterocycles. The Bertz CT molecular complexity index is 341. The number of hydrogen-bond donors (Lipinski definition) is 1. The van der Waals surface area contributed by atoms with Gasteiger partial charge in [0.05, 0.1) is 6.10 Å². The van der Waals surface area contributed by atoms with Crippen molar-refractivity contribution in [1.82, 2.24) is 0 Å². The van der Waals surface area contributed by atoms with Crippen molar-refractivity contribution in [3.05, 3.63) is 34.9 Å². The largest absolute Gasteiger partial charge is 0.386 e. The van der Waals surface area contributed by atoms with E-state index in [2.05, 4.69) is 25.1 Å². The second kappa shape index (κ2) is 6.77. The van der Waals surface area contributed by atoms with Crippen LogP contribution >= 0.6 is 0 Å². The Labute approximate surface area is 105 Å². The van der Waals surface area contributed by atoms with Gasteiger partial charge in [-0.3, -0.25) is 0 Å². The van der Waals surface area contributed by atoms with Gasteiger partial charge in [-0.15, -0.1) is 0 Å². The normalized spacial score (nSPS) is 14.6. The first-order valence-corrected chi connectivity index (χ1v) is 6.47. The highest BCUT2D eigenvalue weighted by Crippen LogP contribution is 2.26. The summed E-state index contributed by atoms with van der Waals surface area (Å²) in [6.07, 6.45) is 1.30. The molecule has 1 aromatic carbocycles. The van der Waals surface area contributed by atoms with Crippen LogP contribution in [0.5, 0.6) is 0 Å². The summed E-state index contributed by atoms with van der Waals surface area (Å²) in [7, 11) is 0. The second-order valence-corrected chi connectivity index (χ2v) is 4.59. The first-order chi connectivity index (χ1) is 8.10. The molecule has 1 N–H and O–H groups in total. The zero-order chi connectivity index (χ0) is 12.8. The molecule has 2 atom stereocenters. The van der Waals surface area contributed by atoms with Gasteiger partial charge in [0.2, 0.25) is 0 Å². The highest BCUT2D eigenvalue weighted by molar-refractivity contribution is 5.32. The zero-order valence-electron chi connectivity index (χ0n) is 11.4. The van der Waals surface area contributed by atoms with Crippen LogP contribution in [-0.2, 0) is 4.74 Å². The number of hydrogen-bond acceptors (Lipinski definition) is 2. The number of aliphatic hydroxyl groups excluding tert-OH is 1. The summed E-state index contributed by atoms with van der Waals surface area (Å²) in [5, 5.41) is 10.4. The standard InChI is InChI=1S/C15H24O2/c1-5-7-14(17-6-2)15(16)13-10-11(3)8-9-12(13)4/h8-10,14-16H,5-7H2,1-4H3. The van der Waals surface area contributed by atoms with E-state index < -0.39 is 6.10 Å². The third-order valence-electron chi connectivity index (χ3n) is 3.06. The predicted molar refractivity (Wildman–Crippen MR) is 71.2 cm³/mol. The molecular weight excluding hydrogens is 212 g/mol. The van der Waals surface area contributed by atoms with Crippen molar-refractivity contribution < 1.29 is 9.84 Å². The minimum Gasteiger partial charge on any atom is -0.386 e. The minimum atomic E-state index is -0.519. The molecule has 0 saturated carbocycles. The third-order valence-corrected chi connectivity index (χ3v) is 3.06. The monoisotopic (exact) mass is 236 g/mol. The van der Waals surface area contributed by atoms with Gasteiger partial charge in [-0.1, -0.05) is 37.1 Å². The van der Waals surface area contributed by atoms with Crippen LogP contribution in [0.4, 0.5) is 0 Å².